The summed E-state index contributed by atoms with van der Waals surface area (Å²) < 4.78 is 5.28. The molecule has 0 aliphatic carbocycles. The highest BCUT2D eigenvalue weighted by Gasteiger charge is 2.34. The van der Waals surface area contributed by atoms with Crippen LogP contribution in [0.25, 0.3) is 0 Å². The average molecular weight is 361 g/mol. The molecule has 140 valence electrons. The Kier molecular flexibility index (Phi) is 5.52. The van der Waals surface area contributed by atoms with Crippen LogP contribution in [0.1, 0.15) is 29.2 Å². The van der Waals surface area contributed by atoms with E-state index in [-0.39, 0.29) is 0 Å². The summed E-state index contributed by atoms with van der Waals surface area (Å²) >= 11 is 0. The van der Waals surface area contributed by atoms with Gasteiger partial charge in [0.15, 0.2) is 0 Å². The van der Waals surface area contributed by atoms with Crippen molar-refractivity contribution in [3.05, 3.63) is 95.1 Å². The van der Waals surface area contributed by atoms with Gasteiger partial charge in [-0.2, -0.15) is 0 Å². The van der Waals surface area contributed by atoms with Crippen molar-refractivity contribution in [3.63, 3.8) is 0 Å². The van der Waals surface area contributed by atoms with Gasteiger partial charge < -0.3 is 14.7 Å². The molecule has 1 unspecified atom stereocenters. The number of aryl methyl sites for hydroxylation is 1. The normalized spacial score (nSPS) is 13.1. The SMILES string of the molecule is CCc1cccc(C(O)(c2ccc(OC)cc2)c2ccc(N(C)C)cc2)c1. The van der Waals surface area contributed by atoms with Gasteiger partial charge in [0, 0.05) is 19.8 Å². The Bertz CT molecular complexity index is 885. The lowest BCUT2D eigenvalue weighted by molar-refractivity contribution is 0.125. The molecule has 0 fully saturated rings. The van der Waals surface area contributed by atoms with Crippen LogP contribution < -0.4 is 9.64 Å². The number of nitrogens with zero attached hydrogens (tertiary/aromatic N) is 1. The molecule has 0 aromatic heterocycles. The van der Waals surface area contributed by atoms with E-state index in [1.807, 2.05) is 79.7 Å². The molecule has 27 heavy (non-hydrogen) atoms. The predicted molar refractivity (Wildman–Crippen MR) is 112 cm³/mol. The number of hydrogen-bond acceptors (Lipinski definition) is 3. The summed E-state index contributed by atoms with van der Waals surface area (Å²) in [5.41, 5.74) is 3.58. The summed E-state index contributed by atoms with van der Waals surface area (Å²) in [6, 6.07) is 23.9. The molecule has 0 bridgehead atoms. The minimum Gasteiger partial charge on any atom is -0.497 e. The second kappa shape index (κ2) is 7.85. The molecule has 1 atom stereocenters. The molecule has 3 nitrogen and oxygen atoms in total. The molecule has 0 saturated carbocycles. The minimum atomic E-state index is -1.23. The van der Waals surface area contributed by atoms with E-state index in [4.69, 9.17) is 4.74 Å². The van der Waals surface area contributed by atoms with Crippen LogP contribution in [0.5, 0.6) is 5.75 Å². The fourth-order valence-electron chi connectivity index (χ4n) is 3.35. The summed E-state index contributed by atoms with van der Waals surface area (Å²) in [6.07, 6.45) is 0.923. The predicted octanol–water partition coefficient (Wildman–Crippen LogP) is 4.61. The number of benzene rings is 3. The summed E-state index contributed by atoms with van der Waals surface area (Å²) in [5, 5.41) is 12.0. The Hall–Kier alpha value is -2.78. The smallest absolute Gasteiger partial charge is 0.140 e. The van der Waals surface area contributed by atoms with E-state index >= 15 is 0 Å². The molecular formula is C24H27NO2. The number of methoxy groups -OCH3 is 1. The van der Waals surface area contributed by atoms with Crippen LogP contribution >= 0.6 is 0 Å². The van der Waals surface area contributed by atoms with E-state index in [1.54, 1.807) is 7.11 Å². The van der Waals surface area contributed by atoms with Crippen molar-refractivity contribution in [1.29, 1.82) is 0 Å². The van der Waals surface area contributed by atoms with Gasteiger partial charge in [-0.15, -0.1) is 0 Å². The van der Waals surface area contributed by atoms with Crippen molar-refractivity contribution >= 4 is 5.69 Å². The lowest BCUT2D eigenvalue weighted by Crippen LogP contribution is -2.29. The third-order valence-electron chi connectivity index (χ3n) is 5.06. The fraction of sp³-hybridized carbons (Fsp3) is 0.250. The lowest BCUT2D eigenvalue weighted by Gasteiger charge is -2.31. The summed E-state index contributed by atoms with van der Waals surface area (Å²) in [4.78, 5) is 2.05. The zero-order chi connectivity index (χ0) is 19.4. The van der Waals surface area contributed by atoms with Crippen molar-refractivity contribution in [3.8, 4) is 5.75 Å². The van der Waals surface area contributed by atoms with Crippen molar-refractivity contribution in [2.45, 2.75) is 18.9 Å². The zero-order valence-electron chi connectivity index (χ0n) is 16.4. The van der Waals surface area contributed by atoms with E-state index in [0.29, 0.717) is 0 Å². The van der Waals surface area contributed by atoms with Gasteiger partial charge in [-0.25, -0.2) is 0 Å². The molecule has 0 spiro atoms. The quantitative estimate of drug-likeness (QED) is 0.651. The van der Waals surface area contributed by atoms with Gasteiger partial charge in [0.2, 0.25) is 0 Å². The van der Waals surface area contributed by atoms with Crippen LogP contribution in [0.2, 0.25) is 0 Å². The van der Waals surface area contributed by atoms with Crippen molar-refractivity contribution in [1.82, 2.24) is 0 Å². The second-order valence-corrected chi connectivity index (χ2v) is 6.93. The van der Waals surface area contributed by atoms with Crippen LogP contribution in [-0.4, -0.2) is 26.3 Å². The third kappa shape index (κ3) is 3.69. The second-order valence-electron chi connectivity index (χ2n) is 6.93. The molecule has 3 rings (SSSR count). The molecule has 3 aromatic carbocycles. The van der Waals surface area contributed by atoms with Gasteiger partial charge in [0.25, 0.3) is 0 Å². The zero-order valence-corrected chi connectivity index (χ0v) is 16.4. The van der Waals surface area contributed by atoms with Crippen molar-refractivity contribution < 1.29 is 9.84 Å². The number of aliphatic hydroxyl groups is 1. The third-order valence-corrected chi connectivity index (χ3v) is 5.06. The molecule has 1 N–H and O–H groups in total. The highest BCUT2D eigenvalue weighted by molar-refractivity contribution is 5.53. The first-order valence-electron chi connectivity index (χ1n) is 9.23. The molecule has 3 aromatic rings. The van der Waals surface area contributed by atoms with Crippen LogP contribution in [0.15, 0.2) is 72.8 Å². The largest absolute Gasteiger partial charge is 0.497 e. The number of ether oxygens (including phenoxy) is 1. The molecule has 0 aliphatic heterocycles. The summed E-state index contributed by atoms with van der Waals surface area (Å²) in [5.74, 6) is 0.770. The maximum absolute atomic E-state index is 12.0. The fourth-order valence-corrected chi connectivity index (χ4v) is 3.35. The van der Waals surface area contributed by atoms with E-state index in [0.717, 1.165) is 34.5 Å². The van der Waals surface area contributed by atoms with Gasteiger partial charge in [-0.1, -0.05) is 55.5 Å². The van der Waals surface area contributed by atoms with Gasteiger partial charge in [0.1, 0.15) is 11.4 Å². The molecule has 0 saturated heterocycles. The van der Waals surface area contributed by atoms with Gasteiger partial charge >= 0.3 is 0 Å². The van der Waals surface area contributed by atoms with Crippen LogP contribution in [0.3, 0.4) is 0 Å². The topological polar surface area (TPSA) is 32.7 Å². The molecule has 0 heterocycles. The monoisotopic (exact) mass is 361 g/mol. The van der Waals surface area contributed by atoms with E-state index in [9.17, 15) is 5.11 Å². The summed E-state index contributed by atoms with van der Waals surface area (Å²) in [7, 11) is 5.66. The average Bonchev–Trinajstić information content (AvgIpc) is 2.73. The van der Waals surface area contributed by atoms with E-state index < -0.39 is 5.60 Å². The van der Waals surface area contributed by atoms with Crippen LogP contribution in [0.4, 0.5) is 5.69 Å². The first kappa shape index (κ1) is 19.0. The Morgan fingerprint density at radius 1 is 0.852 bits per heavy atom. The highest BCUT2D eigenvalue weighted by atomic mass is 16.5. The van der Waals surface area contributed by atoms with Gasteiger partial charge in [-0.05, 0) is 52.9 Å². The van der Waals surface area contributed by atoms with Crippen molar-refractivity contribution in [2.75, 3.05) is 26.1 Å². The summed E-state index contributed by atoms with van der Waals surface area (Å²) in [6.45, 7) is 2.12. The van der Waals surface area contributed by atoms with Crippen LogP contribution in [-0.2, 0) is 12.0 Å². The van der Waals surface area contributed by atoms with Gasteiger partial charge in [0.05, 0.1) is 7.11 Å². The molecule has 3 heteroatoms. The first-order valence-corrected chi connectivity index (χ1v) is 9.23. The van der Waals surface area contributed by atoms with Crippen molar-refractivity contribution in [2.24, 2.45) is 0 Å². The van der Waals surface area contributed by atoms with E-state index in [1.165, 1.54) is 5.56 Å². The highest BCUT2D eigenvalue weighted by Crippen LogP contribution is 2.38. The lowest BCUT2D eigenvalue weighted by atomic mass is 9.79. The van der Waals surface area contributed by atoms with E-state index in [2.05, 4.69) is 19.1 Å². The number of hydrogen-bond donors (Lipinski definition) is 1. The maximum atomic E-state index is 12.0. The molecule has 0 radical (unpaired) electrons. The minimum absolute atomic E-state index is 0.770. The number of anilines is 1. The van der Waals surface area contributed by atoms with Crippen LogP contribution in [0, 0.1) is 0 Å². The standard InChI is InChI=1S/C24H27NO2/c1-5-18-7-6-8-21(17-18)24(26,20-11-15-23(27-4)16-12-20)19-9-13-22(14-10-19)25(2)3/h6-17,26H,5H2,1-4H3. The molecule has 0 aliphatic rings. The van der Waals surface area contributed by atoms with Gasteiger partial charge in [-0.3, -0.25) is 0 Å². The Balaban J connectivity index is 2.18. The first-order chi connectivity index (χ1) is 13.0. The maximum Gasteiger partial charge on any atom is 0.140 e. The Labute approximate surface area is 161 Å². The number of rotatable bonds is 6. The molecular weight excluding hydrogens is 334 g/mol. The molecule has 0 amide bonds. The Morgan fingerprint density at radius 2 is 1.44 bits per heavy atom. The Morgan fingerprint density at radius 3 is 1.96 bits per heavy atom.